The fourth-order valence-corrected chi connectivity index (χ4v) is 3.11. The average Bonchev–Trinajstić information content (AvgIpc) is 3.22. The number of anilines is 1. The number of carbonyl (C=O) groups is 1. The van der Waals surface area contributed by atoms with E-state index in [0.29, 0.717) is 5.56 Å². The van der Waals surface area contributed by atoms with Gasteiger partial charge in [0.15, 0.2) is 0 Å². The molecule has 0 fully saturated rings. The molecule has 8 nitrogen and oxygen atoms in total. The molecule has 2 N–H and O–H groups in total. The van der Waals surface area contributed by atoms with E-state index in [-0.39, 0.29) is 33.8 Å². The number of fused-ring (bicyclic) bond motifs is 1. The number of amides is 1. The van der Waals surface area contributed by atoms with Crippen LogP contribution in [-0.2, 0) is 13.0 Å². The van der Waals surface area contributed by atoms with Gasteiger partial charge in [-0.05, 0) is 18.2 Å². The summed E-state index contributed by atoms with van der Waals surface area (Å²) in [6.07, 6.45) is 1.24. The van der Waals surface area contributed by atoms with Crippen molar-refractivity contribution in [2.45, 2.75) is 12.8 Å². The summed E-state index contributed by atoms with van der Waals surface area (Å²) in [7, 11) is 1.50. The number of alkyl halides is 2. The van der Waals surface area contributed by atoms with Gasteiger partial charge in [0, 0.05) is 25.1 Å². The van der Waals surface area contributed by atoms with Crippen LogP contribution in [0.5, 0.6) is 0 Å². The van der Waals surface area contributed by atoms with Crippen LogP contribution in [0.4, 0.5) is 14.7 Å². The van der Waals surface area contributed by atoms with Crippen LogP contribution in [0.2, 0.25) is 0 Å². The number of aromatic nitrogens is 5. The molecule has 4 rings (SSSR count). The van der Waals surface area contributed by atoms with E-state index in [1.165, 1.54) is 42.2 Å². The molecule has 30 heavy (non-hydrogen) atoms. The minimum atomic E-state index is -3.05. The van der Waals surface area contributed by atoms with Crippen LogP contribution < -0.4 is 10.9 Å². The van der Waals surface area contributed by atoms with Gasteiger partial charge >= 0.3 is 0 Å². The summed E-state index contributed by atoms with van der Waals surface area (Å²) in [4.78, 5) is 33.9. The Hall–Kier alpha value is -3.95. The number of rotatable bonds is 4. The highest BCUT2D eigenvalue weighted by atomic mass is 19.3. The molecule has 1 amide bonds. The zero-order valence-electron chi connectivity index (χ0n) is 16.0. The maximum atomic E-state index is 13.8. The van der Waals surface area contributed by atoms with Gasteiger partial charge in [0.05, 0.1) is 16.5 Å². The summed E-state index contributed by atoms with van der Waals surface area (Å²) in [5, 5.41) is 8.93. The lowest BCUT2D eigenvalue weighted by atomic mass is 10.0. The minimum absolute atomic E-state index is 0.138. The summed E-state index contributed by atoms with van der Waals surface area (Å²) in [5.74, 6) is -3.29. The van der Waals surface area contributed by atoms with E-state index >= 15 is 0 Å². The third-order valence-electron chi connectivity index (χ3n) is 4.63. The number of nitrogens with one attached hydrogen (secondary N) is 2. The number of nitrogens with zero attached hydrogens (tertiary/aromatic N) is 4. The number of hydrogen-bond donors (Lipinski definition) is 2. The molecule has 2 aromatic heterocycles. The standard InChI is InChI=1S/C20H16F2N6O2/c1-20(21,22)12-6-3-5-11(9-12)16-25-15-13(17(29)26-19-23-10-24-27-19)7-4-8-14(15)18(30)28(16)2/h3-10H,1-2H3,(H2,23,24,26,27,29). The van der Waals surface area contributed by atoms with E-state index < -0.39 is 17.4 Å². The van der Waals surface area contributed by atoms with Crippen molar-refractivity contribution in [3.8, 4) is 11.4 Å². The van der Waals surface area contributed by atoms with Crippen molar-refractivity contribution in [2.24, 2.45) is 7.05 Å². The number of halogens is 2. The van der Waals surface area contributed by atoms with E-state index in [1.54, 1.807) is 18.2 Å². The van der Waals surface area contributed by atoms with E-state index in [4.69, 9.17) is 0 Å². The van der Waals surface area contributed by atoms with Gasteiger partial charge in [-0.1, -0.05) is 24.3 Å². The normalized spacial score (nSPS) is 11.6. The molecular weight excluding hydrogens is 394 g/mol. The van der Waals surface area contributed by atoms with E-state index in [2.05, 4.69) is 25.5 Å². The molecule has 4 aromatic rings. The summed E-state index contributed by atoms with van der Waals surface area (Å²) in [6.45, 7) is 0.797. The largest absolute Gasteiger partial charge is 0.295 e. The molecule has 2 heterocycles. The molecule has 0 atom stereocenters. The van der Waals surface area contributed by atoms with E-state index in [9.17, 15) is 18.4 Å². The lowest BCUT2D eigenvalue weighted by Gasteiger charge is -2.14. The Morgan fingerprint density at radius 2 is 1.97 bits per heavy atom. The molecule has 10 heteroatoms. The second kappa shape index (κ2) is 7.14. The molecule has 152 valence electrons. The highest BCUT2D eigenvalue weighted by Gasteiger charge is 2.25. The highest BCUT2D eigenvalue weighted by Crippen LogP contribution is 2.30. The van der Waals surface area contributed by atoms with Crippen molar-refractivity contribution < 1.29 is 13.6 Å². The van der Waals surface area contributed by atoms with Crippen LogP contribution in [0.3, 0.4) is 0 Å². The Kier molecular flexibility index (Phi) is 4.61. The Balaban J connectivity index is 1.90. The fourth-order valence-electron chi connectivity index (χ4n) is 3.11. The van der Waals surface area contributed by atoms with Gasteiger partial charge in [-0.15, -0.1) is 0 Å². The first-order valence-corrected chi connectivity index (χ1v) is 8.91. The van der Waals surface area contributed by atoms with Crippen molar-refractivity contribution in [2.75, 3.05) is 5.32 Å². The smallest absolute Gasteiger partial charge is 0.270 e. The third-order valence-corrected chi connectivity index (χ3v) is 4.63. The Bertz CT molecular complexity index is 1310. The molecule has 0 saturated heterocycles. The molecule has 0 aliphatic carbocycles. The topological polar surface area (TPSA) is 106 Å². The molecule has 0 bridgehead atoms. The Morgan fingerprint density at radius 3 is 2.67 bits per heavy atom. The van der Waals surface area contributed by atoms with Crippen molar-refractivity contribution in [1.29, 1.82) is 0 Å². The van der Waals surface area contributed by atoms with Gasteiger partial charge in [-0.25, -0.2) is 18.9 Å². The van der Waals surface area contributed by atoms with Crippen LogP contribution in [0.1, 0.15) is 22.8 Å². The van der Waals surface area contributed by atoms with E-state index in [1.807, 2.05) is 0 Å². The van der Waals surface area contributed by atoms with Gasteiger partial charge in [0.25, 0.3) is 17.4 Å². The predicted octanol–water partition coefficient (Wildman–Crippen LogP) is 3.08. The van der Waals surface area contributed by atoms with Gasteiger partial charge in [0.2, 0.25) is 5.95 Å². The van der Waals surface area contributed by atoms with Crippen LogP contribution in [0.25, 0.3) is 22.3 Å². The van der Waals surface area contributed by atoms with Crippen LogP contribution in [0, 0.1) is 0 Å². The number of para-hydroxylation sites is 1. The zero-order chi connectivity index (χ0) is 21.5. The van der Waals surface area contributed by atoms with Crippen molar-refractivity contribution in [3.05, 3.63) is 70.3 Å². The molecule has 0 unspecified atom stereocenters. The summed E-state index contributed by atoms with van der Waals surface area (Å²) in [6, 6.07) is 10.3. The zero-order valence-corrected chi connectivity index (χ0v) is 16.0. The van der Waals surface area contributed by atoms with Gasteiger partial charge < -0.3 is 0 Å². The van der Waals surface area contributed by atoms with Gasteiger partial charge in [-0.3, -0.25) is 19.5 Å². The average molecular weight is 410 g/mol. The SMILES string of the molecule is Cn1c(-c2cccc(C(C)(F)F)c2)nc2c(C(=O)Nc3ncn[nH]3)cccc2c1=O. The Morgan fingerprint density at radius 1 is 1.20 bits per heavy atom. The first-order valence-electron chi connectivity index (χ1n) is 8.91. The number of aromatic amines is 1. The second-order valence-electron chi connectivity index (χ2n) is 6.76. The van der Waals surface area contributed by atoms with Gasteiger partial charge in [-0.2, -0.15) is 10.1 Å². The number of benzene rings is 2. The van der Waals surface area contributed by atoms with E-state index in [0.717, 1.165) is 6.92 Å². The highest BCUT2D eigenvalue weighted by molar-refractivity contribution is 6.11. The number of H-pyrrole nitrogens is 1. The van der Waals surface area contributed by atoms with Crippen molar-refractivity contribution in [3.63, 3.8) is 0 Å². The second-order valence-corrected chi connectivity index (χ2v) is 6.76. The van der Waals surface area contributed by atoms with Crippen LogP contribution in [0.15, 0.2) is 53.6 Å². The van der Waals surface area contributed by atoms with Crippen LogP contribution in [-0.4, -0.2) is 30.6 Å². The molecule has 0 aliphatic rings. The number of carbonyl (C=O) groups excluding carboxylic acids is 1. The first-order chi connectivity index (χ1) is 14.3. The monoisotopic (exact) mass is 410 g/mol. The minimum Gasteiger partial charge on any atom is -0.295 e. The molecule has 0 spiro atoms. The third kappa shape index (κ3) is 3.43. The predicted molar refractivity (Wildman–Crippen MR) is 106 cm³/mol. The van der Waals surface area contributed by atoms with Crippen molar-refractivity contribution in [1.82, 2.24) is 24.7 Å². The lowest BCUT2D eigenvalue weighted by Crippen LogP contribution is -2.22. The molecule has 0 aliphatic heterocycles. The summed E-state index contributed by atoms with van der Waals surface area (Å²) < 4.78 is 28.8. The van der Waals surface area contributed by atoms with Crippen LogP contribution >= 0.6 is 0 Å². The first kappa shape index (κ1) is 19.4. The molecular formula is C20H16F2N6O2. The molecule has 0 saturated carbocycles. The van der Waals surface area contributed by atoms with Crippen molar-refractivity contribution >= 4 is 22.8 Å². The maximum absolute atomic E-state index is 13.8. The Labute approximate surface area is 168 Å². The molecule has 0 radical (unpaired) electrons. The van der Waals surface area contributed by atoms with Gasteiger partial charge in [0.1, 0.15) is 12.2 Å². The number of hydrogen-bond acceptors (Lipinski definition) is 5. The summed E-state index contributed by atoms with van der Waals surface area (Å²) in [5.41, 5.74) is 0.0192. The molecule has 2 aromatic carbocycles. The quantitative estimate of drug-likeness (QED) is 0.538. The summed E-state index contributed by atoms with van der Waals surface area (Å²) >= 11 is 0. The lowest BCUT2D eigenvalue weighted by molar-refractivity contribution is 0.0175. The maximum Gasteiger partial charge on any atom is 0.270 e. The fraction of sp³-hybridized carbons (Fsp3) is 0.150.